The summed E-state index contributed by atoms with van der Waals surface area (Å²) in [7, 11) is 0. The molecule has 2 aromatic carbocycles. The second kappa shape index (κ2) is 11.8. The average Bonchev–Trinajstić information content (AvgIpc) is 2.88. The first kappa shape index (κ1) is 26.7. The molecule has 4 rings (SSSR count). The van der Waals surface area contributed by atoms with Crippen LogP contribution in [0.1, 0.15) is 69.9 Å². The highest BCUT2D eigenvalue weighted by atomic mass is 127. The van der Waals surface area contributed by atoms with Gasteiger partial charge in [-0.3, -0.25) is 4.79 Å². The standard InChI is InChI=1S/C30H36IN3O2/c1-4-20-5-9-22(10-6-20)23-13-15-24(16-14-23)26-18-33-28(34-19-26)25-11-7-21(8-12-25)17-27(32)29(35)36-30(2,3)31/h7-8,11-16,18-20,22,27H,4-6,9-10,17,32H2,1-3H3/t20?,22?,27-/m0/s1. The maximum Gasteiger partial charge on any atom is 0.324 e. The number of halogens is 1. The van der Waals surface area contributed by atoms with Crippen molar-refractivity contribution in [2.24, 2.45) is 11.7 Å². The number of esters is 1. The molecule has 0 bridgehead atoms. The first-order valence-corrected chi connectivity index (χ1v) is 14.0. The van der Waals surface area contributed by atoms with Gasteiger partial charge in [0.25, 0.3) is 0 Å². The molecule has 3 aromatic rings. The van der Waals surface area contributed by atoms with Gasteiger partial charge in [-0.1, -0.05) is 61.9 Å². The van der Waals surface area contributed by atoms with Gasteiger partial charge in [-0.15, -0.1) is 0 Å². The molecule has 0 radical (unpaired) electrons. The molecule has 0 aliphatic heterocycles. The fourth-order valence-corrected chi connectivity index (χ4v) is 5.14. The van der Waals surface area contributed by atoms with Crippen molar-refractivity contribution in [2.75, 3.05) is 0 Å². The molecule has 0 saturated heterocycles. The van der Waals surface area contributed by atoms with E-state index in [-0.39, 0.29) is 0 Å². The Balaban J connectivity index is 1.36. The first-order chi connectivity index (χ1) is 17.2. The van der Waals surface area contributed by atoms with Crippen LogP contribution in [0.2, 0.25) is 0 Å². The van der Waals surface area contributed by atoms with Crippen molar-refractivity contribution in [1.82, 2.24) is 9.97 Å². The van der Waals surface area contributed by atoms with Crippen LogP contribution >= 0.6 is 22.6 Å². The van der Waals surface area contributed by atoms with Gasteiger partial charge in [0.1, 0.15) is 6.04 Å². The summed E-state index contributed by atoms with van der Waals surface area (Å²) in [5.41, 5.74) is 11.5. The fraction of sp³-hybridized carbons (Fsp3) is 0.433. The quantitative estimate of drug-likeness (QED) is 0.171. The number of hydrogen-bond acceptors (Lipinski definition) is 5. The van der Waals surface area contributed by atoms with Gasteiger partial charge in [0.15, 0.2) is 9.43 Å². The lowest BCUT2D eigenvalue weighted by molar-refractivity contribution is -0.150. The third-order valence-corrected chi connectivity index (χ3v) is 7.33. The number of carbonyl (C=O) groups excluding carboxylic acids is 1. The van der Waals surface area contributed by atoms with Crippen molar-refractivity contribution in [2.45, 2.75) is 74.9 Å². The predicted octanol–water partition coefficient (Wildman–Crippen LogP) is 7.08. The highest BCUT2D eigenvalue weighted by molar-refractivity contribution is 14.1. The number of nitrogens with zero attached hydrogens (tertiary/aromatic N) is 2. The maximum atomic E-state index is 12.2. The molecule has 1 aromatic heterocycles. The van der Waals surface area contributed by atoms with Crippen LogP contribution in [0.4, 0.5) is 0 Å². The van der Waals surface area contributed by atoms with Gasteiger partial charge in [-0.05, 0) is 97.1 Å². The molecule has 1 aliphatic rings. The van der Waals surface area contributed by atoms with Gasteiger partial charge < -0.3 is 10.5 Å². The Kier molecular flexibility index (Phi) is 8.78. The SMILES string of the molecule is CCC1CCC(c2ccc(-c3cnc(-c4ccc(C[C@H](N)C(=O)OC(C)(C)I)cc4)nc3)cc2)CC1. The summed E-state index contributed by atoms with van der Waals surface area (Å²) >= 11 is 2.07. The first-order valence-electron chi connectivity index (χ1n) is 12.9. The summed E-state index contributed by atoms with van der Waals surface area (Å²) < 4.78 is 4.79. The van der Waals surface area contributed by atoms with Crippen molar-refractivity contribution in [3.63, 3.8) is 0 Å². The van der Waals surface area contributed by atoms with Crippen molar-refractivity contribution < 1.29 is 9.53 Å². The van der Waals surface area contributed by atoms with E-state index in [0.717, 1.165) is 28.2 Å². The molecule has 1 atom stereocenters. The largest absolute Gasteiger partial charge is 0.448 e. The minimum Gasteiger partial charge on any atom is -0.448 e. The van der Waals surface area contributed by atoms with E-state index in [0.29, 0.717) is 18.2 Å². The predicted molar refractivity (Wildman–Crippen MR) is 154 cm³/mol. The van der Waals surface area contributed by atoms with E-state index >= 15 is 0 Å². The minimum atomic E-state index is -0.696. The molecule has 1 heterocycles. The Bertz CT molecular complexity index is 1130. The van der Waals surface area contributed by atoms with Crippen molar-refractivity contribution in [3.8, 4) is 22.5 Å². The Morgan fingerprint density at radius 1 is 0.972 bits per heavy atom. The summed E-state index contributed by atoms with van der Waals surface area (Å²) in [4.78, 5) is 21.4. The van der Waals surface area contributed by atoms with Crippen molar-refractivity contribution >= 4 is 28.6 Å². The van der Waals surface area contributed by atoms with Crippen LogP contribution in [0.15, 0.2) is 60.9 Å². The smallest absolute Gasteiger partial charge is 0.324 e. The molecule has 2 N–H and O–H groups in total. The van der Waals surface area contributed by atoms with Crippen LogP contribution in [-0.4, -0.2) is 25.6 Å². The van der Waals surface area contributed by atoms with E-state index < -0.39 is 15.6 Å². The lowest BCUT2D eigenvalue weighted by Gasteiger charge is -2.28. The van der Waals surface area contributed by atoms with Crippen LogP contribution < -0.4 is 5.73 Å². The molecule has 190 valence electrons. The van der Waals surface area contributed by atoms with Crippen LogP contribution in [0, 0.1) is 5.92 Å². The summed E-state index contributed by atoms with van der Waals surface area (Å²) in [6, 6.07) is 16.1. The molecule has 0 unspecified atom stereocenters. The number of alkyl halides is 1. The van der Waals surface area contributed by atoms with E-state index in [2.05, 4.69) is 63.7 Å². The lowest BCUT2D eigenvalue weighted by atomic mass is 9.78. The molecule has 1 saturated carbocycles. The topological polar surface area (TPSA) is 78.1 Å². The molecule has 5 nitrogen and oxygen atoms in total. The Hall–Kier alpha value is -2.32. The van der Waals surface area contributed by atoms with E-state index in [1.807, 2.05) is 50.5 Å². The zero-order valence-corrected chi connectivity index (χ0v) is 23.6. The van der Waals surface area contributed by atoms with Crippen LogP contribution in [0.5, 0.6) is 0 Å². The third-order valence-electron chi connectivity index (χ3n) is 7.11. The summed E-state index contributed by atoms with van der Waals surface area (Å²) in [6.45, 7) is 5.96. The normalized spacial score (nSPS) is 19.0. The molecular weight excluding hydrogens is 561 g/mol. The number of aromatic nitrogens is 2. The van der Waals surface area contributed by atoms with Crippen LogP contribution in [0.3, 0.4) is 0 Å². The van der Waals surface area contributed by atoms with E-state index in [9.17, 15) is 4.79 Å². The molecule has 1 aliphatic carbocycles. The van der Waals surface area contributed by atoms with Crippen LogP contribution in [0.25, 0.3) is 22.5 Å². The number of rotatable bonds is 8. The highest BCUT2D eigenvalue weighted by Gasteiger charge is 2.24. The highest BCUT2D eigenvalue weighted by Crippen LogP contribution is 2.37. The van der Waals surface area contributed by atoms with Gasteiger partial charge in [0.2, 0.25) is 0 Å². The van der Waals surface area contributed by atoms with E-state index in [4.69, 9.17) is 10.5 Å². The fourth-order valence-electron chi connectivity index (χ4n) is 4.92. The molecule has 36 heavy (non-hydrogen) atoms. The van der Waals surface area contributed by atoms with Gasteiger partial charge in [-0.2, -0.15) is 0 Å². The Labute approximate surface area is 228 Å². The van der Waals surface area contributed by atoms with Gasteiger partial charge in [0, 0.05) is 23.5 Å². The summed E-state index contributed by atoms with van der Waals surface area (Å²) in [5.74, 6) is 1.89. The zero-order valence-electron chi connectivity index (χ0n) is 21.4. The third kappa shape index (κ3) is 7.13. The molecular formula is C30H36IN3O2. The monoisotopic (exact) mass is 597 g/mol. The summed E-state index contributed by atoms with van der Waals surface area (Å²) in [5, 5.41) is 0. The second-order valence-corrected chi connectivity index (χ2v) is 12.9. The van der Waals surface area contributed by atoms with Crippen molar-refractivity contribution in [1.29, 1.82) is 0 Å². The van der Waals surface area contributed by atoms with Gasteiger partial charge >= 0.3 is 5.97 Å². The van der Waals surface area contributed by atoms with E-state index in [1.165, 1.54) is 37.7 Å². The van der Waals surface area contributed by atoms with E-state index in [1.54, 1.807) is 0 Å². The number of benzene rings is 2. The Morgan fingerprint density at radius 2 is 1.56 bits per heavy atom. The Morgan fingerprint density at radius 3 is 2.11 bits per heavy atom. The van der Waals surface area contributed by atoms with Crippen molar-refractivity contribution in [3.05, 3.63) is 72.1 Å². The number of hydrogen-bond donors (Lipinski definition) is 1. The number of carbonyl (C=O) groups is 1. The van der Waals surface area contributed by atoms with Gasteiger partial charge in [0.05, 0.1) is 0 Å². The van der Waals surface area contributed by atoms with Crippen LogP contribution in [-0.2, 0) is 16.0 Å². The van der Waals surface area contributed by atoms with Gasteiger partial charge in [-0.25, -0.2) is 9.97 Å². The lowest BCUT2D eigenvalue weighted by Crippen LogP contribution is -2.37. The summed E-state index contributed by atoms with van der Waals surface area (Å²) in [6.07, 6.45) is 10.8. The second-order valence-electron chi connectivity index (χ2n) is 10.3. The number of nitrogens with two attached hydrogens (primary N) is 1. The molecule has 1 fully saturated rings. The number of ether oxygens (including phenoxy) is 1. The zero-order chi connectivity index (χ0) is 25.7. The minimum absolute atomic E-state index is 0.394. The maximum absolute atomic E-state index is 12.2. The molecule has 6 heteroatoms. The molecule has 0 amide bonds. The molecule has 0 spiro atoms. The average molecular weight is 598 g/mol.